The number of benzene rings is 1. The molecule has 0 saturated heterocycles. The van der Waals surface area contributed by atoms with Crippen molar-refractivity contribution in [3.63, 3.8) is 0 Å². The number of fused-ring (bicyclic) bond motifs is 1. The molecule has 0 amide bonds. The van der Waals surface area contributed by atoms with Gasteiger partial charge in [-0.1, -0.05) is 12.1 Å². The fourth-order valence-electron chi connectivity index (χ4n) is 2.02. The summed E-state index contributed by atoms with van der Waals surface area (Å²) in [7, 11) is 1.35. The van der Waals surface area contributed by atoms with Gasteiger partial charge in [-0.25, -0.2) is 4.79 Å². The summed E-state index contributed by atoms with van der Waals surface area (Å²) in [5.74, 6) is -0.388. The van der Waals surface area contributed by atoms with Crippen molar-refractivity contribution in [1.29, 1.82) is 5.26 Å². The van der Waals surface area contributed by atoms with Crippen LogP contribution >= 0.6 is 0 Å². The number of carbonyl (C=O) groups is 1. The number of nitriles is 1. The van der Waals surface area contributed by atoms with E-state index in [9.17, 15) is 4.79 Å². The highest BCUT2D eigenvalue weighted by atomic mass is 16.5. The number of rotatable bonds is 1. The highest BCUT2D eigenvalue weighted by Gasteiger charge is 2.25. The molecule has 1 aliphatic rings. The molecule has 1 aromatic carbocycles. The highest BCUT2D eigenvalue weighted by Crippen LogP contribution is 2.26. The molecule has 1 heterocycles. The van der Waals surface area contributed by atoms with Crippen LogP contribution in [0, 0.1) is 11.3 Å². The Hall–Kier alpha value is -1.86. The Morgan fingerprint density at radius 1 is 1.62 bits per heavy atom. The Morgan fingerprint density at radius 2 is 2.44 bits per heavy atom. The largest absolute Gasteiger partial charge is 0.465 e. The molecule has 0 aliphatic carbocycles. The topological polar surface area (TPSA) is 62.1 Å². The van der Waals surface area contributed by atoms with Crippen molar-refractivity contribution >= 4 is 5.97 Å². The quantitative estimate of drug-likeness (QED) is 0.716. The third kappa shape index (κ3) is 1.66. The molecular weight excluding hydrogens is 204 g/mol. The summed E-state index contributed by atoms with van der Waals surface area (Å²) in [5.41, 5.74) is 2.30. The molecule has 0 saturated carbocycles. The summed E-state index contributed by atoms with van der Waals surface area (Å²) in [4.78, 5) is 11.6. The van der Waals surface area contributed by atoms with E-state index in [-0.39, 0.29) is 5.97 Å². The number of esters is 1. The van der Waals surface area contributed by atoms with Crippen LogP contribution in [0.25, 0.3) is 0 Å². The van der Waals surface area contributed by atoms with Crippen LogP contribution in [0.3, 0.4) is 0 Å². The van der Waals surface area contributed by atoms with E-state index >= 15 is 0 Å². The molecule has 4 heteroatoms. The molecule has 16 heavy (non-hydrogen) atoms. The maximum atomic E-state index is 11.6. The van der Waals surface area contributed by atoms with Crippen LogP contribution in [-0.4, -0.2) is 19.6 Å². The van der Waals surface area contributed by atoms with Gasteiger partial charge in [0.05, 0.1) is 18.7 Å². The number of nitrogens with zero attached hydrogens (tertiary/aromatic N) is 1. The normalized spacial score (nSPS) is 18.4. The van der Waals surface area contributed by atoms with Crippen molar-refractivity contribution < 1.29 is 9.53 Å². The Kier molecular flexibility index (Phi) is 2.88. The molecular formula is C12H12N2O2. The van der Waals surface area contributed by atoms with Crippen LogP contribution in [-0.2, 0) is 11.2 Å². The summed E-state index contributed by atoms with van der Waals surface area (Å²) in [5, 5.41) is 12.1. The number of nitrogens with one attached hydrogen (secondary N) is 1. The number of methoxy groups -OCH3 is 1. The van der Waals surface area contributed by atoms with Crippen molar-refractivity contribution in [2.45, 2.75) is 12.5 Å². The molecule has 1 aliphatic heterocycles. The second-order valence-electron chi connectivity index (χ2n) is 3.64. The first-order chi connectivity index (χ1) is 7.77. The first-order valence-electron chi connectivity index (χ1n) is 5.11. The summed E-state index contributed by atoms with van der Waals surface area (Å²) < 4.78 is 4.72. The average Bonchev–Trinajstić information content (AvgIpc) is 2.36. The van der Waals surface area contributed by atoms with Crippen LogP contribution in [0.4, 0.5) is 0 Å². The predicted molar refractivity (Wildman–Crippen MR) is 57.8 cm³/mol. The molecule has 82 valence electrons. The van der Waals surface area contributed by atoms with Gasteiger partial charge in [0.15, 0.2) is 0 Å². The predicted octanol–water partition coefficient (Wildman–Crippen LogP) is 1.18. The minimum atomic E-state index is -0.418. The standard InChI is InChI=1S/C12H12N2O2/c1-16-12(15)9-4-2-3-8-5-6-14-10(7-13)11(8)9/h2-4,10,14H,5-6H2,1H3. The van der Waals surface area contributed by atoms with Crippen molar-refractivity contribution in [3.05, 3.63) is 34.9 Å². The van der Waals surface area contributed by atoms with Crippen LogP contribution in [0.15, 0.2) is 18.2 Å². The van der Waals surface area contributed by atoms with Crippen molar-refractivity contribution in [1.82, 2.24) is 5.32 Å². The smallest absolute Gasteiger partial charge is 0.338 e. The summed E-state index contributed by atoms with van der Waals surface area (Å²) in [6.07, 6.45) is 0.832. The number of hydrogen-bond donors (Lipinski definition) is 1. The minimum absolute atomic E-state index is 0.388. The van der Waals surface area contributed by atoms with Crippen LogP contribution < -0.4 is 5.32 Å². The second-order valence-corrected chi connectivity index (χ2v) is 3.64. The average molecular weight is 216 g/mol. The Morgan fingerprint density at radius 3 is 3.12 bits per heavy atom. The van der Waals surface area contributed by atoms with Gasteiger partial charge in [0.2, 0.25) is 0 Å². The van der Waals surface area contributed by atoms with Gasteiger partial charge in [-0.2, -0.15) is 5.26 Å². The molecule has 0 fully saturated rings. The SMILES string of the molecule is COC(=O)c1cccc2c1C(C#N)NCC2. The van der Waals surface area contributed by atoms with Gasteiger partial charge in [0, 0.05) is 12.1 Å². The maximum Gasteiger partial charge on any atom is 0.338 e. The van der Waals surface area contributed by atoms with Crippen molar-refractivity contribution in [2.75, 3.05) is 13.7 Å². The monoisotopic (exact) mass is 216 g/mol. The Balaban J connectivity index is 2.56. The van der Waals surface area contributed by atoms with E-state index in [1.165, 1.54) is 7.11 Å². The highest BCUT2D eigenvalue weighted by molar-refractivity contribution is 5.91. The van der Waals surface area contributed by atoms with Crippen molar-refractivity contribution in [2.24, 2.45) is 0 Å². The van der Waals surface area contributed by atoms with Gasteiger partial charge >= 0.3 is 5.97 Å². The number of carbonyl (C=O) groups excluding carboxylic acids is 1. The zero-order valence-electron chi connectivity index (χ0n) is 8.99. The lowest BCUT2D eigenvalue weighted by atomic mass is 9.90. The zero-order chi connectivity index (χ0) is 11.5. The minimum Gasteiger partial charge on any atom is -0.465 e. The molecule has 0 aromatic heterocycles. The van der Waals surface area contributed by atoms with Crippen LogP contribution in [0.5, 0.6) is 0 Å². The van der Waals surface area contributed by atoms with Gasteiger partial charge in [-0.15, -0.1) is 0 Å². The summed E-state index contributed by atoms with van der Waals surface area (Å²) >= 11 is 0. The van der Waals surface area contributed by atoms with E-state index in [1.807, 2.05) is 12.1 Å². The van der Waals surface area contributed by atoms with Gasteiger partial charge in [0.1, 0.15) is 6.04 Å². The third-order valence-corrected chi connectivity index (χ3v) is 2.76. The fourth-order valence-corrected chi connectivity index (χ4v) is 2.02. The molecule has 1 atom stereocenters. The zero-order valence-corrected chi connectivity index (χ0v) is 8.99. The van der Waals surface area contributed by atoms with E-state index in [0.717, 1.165) is 24.1 Å². The maximum absolute atomic E-state index is 11.6. The van der Waals surface area contributed by atoms with Gasteiger partial charge in [-0.05, 0) is 18.1 Å². The molecule has 1 aromatic rings. The Bertz CT molecular complexity index is 463. The number of ether oxygens (including phenoxy) is 1. The first kappa shape index (κ1) is 10.7. The molecule has 0 spiro atoms. The molecule has 1 unspecified atom stereocenters. The lowest BCUT2D eigenvalue weighted by molar-refractivity contribution is 0.0598. The van der Waals surface area contributed by atoms with Gasteiger partial charge < -0.3 is 4.74 Å². The van der Waals surface area contributed by atoms with E-state index < -0.39 is 6.04 Å². The van der Waals surface area contributed by atoms with Crippen molar-refractivity contribution in [3.8, 4) is 6.07 Å². The second kappa shape index (κ2) is 4.33. The number of hydrogen-bond acceptors (Lipinski definition) is 4. The summed E-state index contributed by atoms with van der Waals surface area (Å²) in [6.45, 7) is 0.760. The molecule has 4 nitrogen and oxygen atoms in total. The lowest BCUT2D eigenvalue weighted by Crippen LogP contribution is -2.30. The first-order valence-corrected chi connectivity index (χ1v) is 5.11. The molecule has 2 rings (SSSR count). The van der Waals surface area contributed by atoms with Gasteiger partial charge in [0.25, 0.3) is 0 Å². The molecule has 1 N–H and O–H groups in total. The molecule has 0 bridgehead atoms. The summed E-state index contributed by atoms with van der Waals surface area (Å²) in [6, 6.07) is 7.22. The Labute approximate surface area is 93.8 Å². The lowest BCUT2D eigenvalue weighted by Gasteiger charge is -2.23. The van der Waals surface area contributed by atoms with E-state index in [4.69, 9.17) is 10.00 Å². The van der Waals surface area contributed by atoms with E-state index in [2.05, 4.69) is 11.4 Å². The van der Waals surface area contributed by atoms with Gasteiger partial charge in [-0.3, -0.25) is 5.32 Å². The van der Waals surface area contributed by atoms with E-state index in [0.29, 0.717) is 5.56 Å². The third-order valence-electron chi connectivity index (χ3n) is 2.76. The van der Waals surface area contributed by atoms with Crippen LogP contribution in [0.1, 0.15) is 27.5 Å². The van der Waals surface area contributed by atoms with Crippen LogP contribution in [0.2, 0.25) is 0 Å². The molecule has 0 radical (unpaired) electrons. The fraction of sp³-hybridized carbons (Fsp3) is 0.333. The van der Waals surface area contributed by atoms with E-state index in [1.54, 1.807) is 6.07 Å².